The van der Waals surface area contributed by atoms with E-state index in [0.717, 1.165) is 24.7 Å². The molecule has 1 aromatic carbocycles. The van der Waals surface area contributed by atoms with Gasteiger partial charge in [0.15, 0.2) is 17.4 Å². The van der Waals surface area contributed by atoms with Gasteiger partial charge in [-0.3, -0.25) is 0 Å². The number of nitrogens with zero attached hydrogens (tertiary/aromatic N) is 2. The summed E-state index contributed by atoms with van der Waals surface area (Å²) in [7, 11) is -3.25. The number of nitrogens with one attached hydrogen (secondary N) is 3. The molecule has 0 saturated carbocycles. The summed E-state index contributed by atoms with van der Waals surface area (Å²) in [6.07, 6.45) is -1.79. The van der Waals surface area contributed by atoms with E-state index < -0.39 is 57.1 Å². The zero-order valence-corrected chi connectivity index (χ0v) is 19.3. The Morgan fingerprint density at radius 2 is 1.80 bits per heavy atom. The summed E-state index contributed by atoms with van der Waals surface area (Å²) in [5.41, 5.74) is -0.834. The summed E-state index contributed by atoms with van der Waals surface area (Å²) in [6.45, 7) is 2.77. The average molecular weight is 521 g/mol. The van der Waals surface area contributed by atoms with Crippen LogP contribution in [0.2, 0.25) is 0 Å². The van der Waals surface area contributed by atoms with Gasteiger partial charge in [0.25, 0.3) is 0 Å². The Bertz CT molecular complexity index is 1340. The lowest BCUT2D eigenvalue weighted by atomic mass is 10.1. The molecule has 0 radical (unpaired) electrons. The number of sulfone groups is 1. The largest absolute Gasteiger partial charge is 0.455 e. The predicted molar refractivity (Wildman–Crippen MR) is 117 cm³/mol. The second kappa shape index (κ2) is 9.64. The molecule has 3 N–H and O–H groups in total. The number of carbonyl (C=O) groups excluding carboxylic acids is 1. The van der Waals surface area contributed by atoms with Gasteiger partial charge >= 0.3 is 12.2 Å². The summed E-state index contributed by atoms with van der Waals surface area (Å²) in [4.78, 5) is 20.0. The fourth-order valence-electron chi connectivity index (χ4n) is 3.31. The molecule has 2 amide bonds. The van der Waals surface area contributed by atoms with Gasteiger partial charge in [0.2, 0.25) is 5.95 Å². The fraction of sp³-hybridized carbons (Fsp3) is 0.350. The summed E-state index contributed by atoms with van der Waals surface area (Å²) < 4.78 is 96.4. The number of hydrogen-bond donors (Lipinski definition) is 3. The zero-order valence-electron chi connectivity index (χ0n) is 18.5. The van der Waals surface area contributed by atoms with Gasteiger partial charge in [-0.05, 0) is 19.9 Å². The number of amides is 2. The van der Waals surface area contributed by atoms with E-state index in [2.05, 4.69) is 20.6 Å². The lowest BCUT2D eigenvalue weighted by Gasteiger charge is -2.20. The maximum atomic E-state index is 14.0. The molecular formula is C20H20F5N5O4S. The normalized spacial score (nSPS) is 13.9. The van der Waals surface area contributed by atoms with Crippen LogP contribution in [0.4, 0.5) is 38.4 Å². The Morgan fingerprint density at radius 3 is 2.37 bits per heavy atom. The van der Waals surface area contributed by atoms with E-state index in [1.165, 1.54) is 6.92 Å². The third-order valence-corrected chi connectivity index (χ3v) is 5.80. The number of alkyl halides is 3. The van der Waals surface area contributed by atoms with Crippen LogP contribution in [0.5, 0.6) is 0 Å². The Labute approximate surface area is 196 Å². The first kappa shape index (κ1) is 26.1. The van der Waals surface area contributed by atoms with Crippen molar-refractivity contribution >= 4 is 38.5 Å². The first-order chi connectivity index (χ1) is 16.1. The SMILES string of the molecule is Cc1c([C@@H](NC(=O)Nc2cnc(N[C@H](C)CS(C)(=O)=O)nc2)C(F)(F)F)oc2c(F)cc(F)cc12. The minimum Gasteiger partial charge on any atom is -0.455 e. The second-order valence-electron chi connectivity index (χ2n) is 7.86. The minimum absolute atomic E-state index is 0.0347. The van der Waals surface area contributed by atoms with E-state index in [4.69, 9.17) is 4.42 Å². The van der Waals surface area contributed by atoms with Crippen LogP contribution >= 0.6 is 0 Å². The van der Waals surface area contributed by atoms with E-state index in [0.29, 0.717) is 6.07 Å². The molecule has 0 aliphatic heterocycles. The van der Waals surface area contributed by atoms with E-state index in [-0.39, 0.29) is 28.3 Å². The highest BCUT2D eigenvalue weighted by atomic mass is 32.2. The Morgan fingerprint density at radius 1 is 1.17 bits per heavy atom. The maximum Gasteiger partial charge on any atom is 0.416 e. The molecule has 2 atom stereocenters. The van der Waals surface area contributed by atoms with E-state index >= 15 is 0 Å². The molecular weight excluding hydrogens is 501 g/mol. The van der Waals surface area contributed by atoms with Gasteiger partial charge in [-0.15, -0.1) is 0 Å². The number of carbonyl (C=O) groups is 1. The van der Waals surface area contributed by atoms with Crippen molar-refractivity contribution in [2.75, 3.05) is 22.6 Å². The number of benzene rings is 1. The Balaban J connectivity index is 1.75. The fourth-order valence-corrected chi connectivity index (χ4v) is 4.31. The third kappa shape index (κ3) is 6.55. The molecule has 0 saturated heterocycles. The second-order valence-corrected chi connectivity index (χ2v) is 10.0. The molecule has 190 valence electrons. The number of fused-ring (bicyclic) bond motifs is 1. The molecule has 2 heterocycles. The highest BCUT2D eigenvalue weighted by Crippen LogP contribution is 2.39. The molecule has 0 fully saturated rings. The first-order valence-electron chi connectivity index (χ1n) is 9.92. The lowest BCUT2D eigenvalue weighted by Crippen LogP contribution is -2.40. The molecule has 3 rings (SSSR count). The Hall–Kier alpha value is -3.49. The number of aromatic nitrogens is 2. The van der Waals surface area contributed by atoms with Crippen molar-refractivity contribution in [3.63, 3.8) is 0 Å². The van der Waals surface area contributed by atoms with Gasteiger partial charge in [0, 0.05) is 29.3 Å². The number of urea groups is 1. The highest BCUT2D eigenvalue weighted by Gasteiger charge is 2.45. The van der Waals surface area contributed by atoms with Crippen molar-refractivity contribution in [2.45, 2.75) is 32.1 Å². The molecule has 0 unspecified atom stereocenters. The number of rotatable bonds is 7. The van der Waals surface area contributed by atoms with Gasteiger partial charge in [-0.2, -0.15) is 13.2 Å². The van der Waals surface area contributed by atoms with Crippen molar-refractivity contribution in [1.29, 1.82) is 0 Å². The minimum atomic E-state index is -5.04. The third-order valence-electron chi connectivity index (χ3n) is 4.70. The standard InChI is InChI=1S/C20H20F5N5O4S/c1-9(8-35(3,32)33)28-18-26-6-12(7-27-18)29-19(31)30-17(20(23,24)25)15-10(2)13-4-11(21)5-14(22)16(13)34-15/h4-7,9,17H,8H2,1-3H3,(H,26,27,28)(H2,29,30,31)/t9-,17-/m1/s1. The molecule has 2 aromatic heterocycles. The van der Waals surface area contributed by atoms with Crippen LogP contribution in [0.15, 0.2) is 28.9 Å². The van der Waals surface area contributed by atoms with Gasteiger partial charge in [-0.25, -0.2) is 32.0 Å². The molecule has 9 nitrogen and oxygen atoms in total. The molecule has 35 heavy (non-hydrogen) atoms. The molecule has 0 spiro atoms. The molecule has 0 bridgehead atoms. The number of aryl methyl sites for hydroxylation is 1. The van der Waals surface area contributed by atoms with Crippen molar-refractivity contribution in [1.82, 2.24) is 15.3 Å². The van der Waals surface area contributed by atoms with Crippen LogP contribution in [0.25, 0.3) is 11.0 Å². The monoisotopic (exact) mass is 521 g/mol. The van der Waals surface area contributed by atoms with Gasteiger partial charge in [0.05, 0.1) is 23.8 Å². The topological polar surface area (TPSA) is 126 Å². The van der Waals surface area contributed by atoms with Crippen LogP contribution in [-0.2, 0) is 9.84 Å². The Kier molecular flexibility index (Phi) is 7.19. The van der Waals surface area contributed by atoms with E-state index in [1.807, 2.05) is 0 Å². The summed E-state index contributed by atoms with van der Waals surface area (Å²) in [5, 5.41) is 6.37. The van der Waals surface area contributed by atoms with Crippen LogP contribution in [0.3, 0.4) is 0 Å². The van der Waals surface area contributed by atoms with Crippen LogP contribution in [0.1, 0.15) is 24.3 Å². The van der Waals surface area contributed by atoms with Crippen molar-refractivity contribution in [3.8, 4) is 0 Å². The highest BCUT2D eigenvalue weighted by molar-refractivity contribution is 7.90. The predicted octanol–water partition coefficient (Wildman–Crippen LogP) is 4.08. The quantitative estimate of drug-likeness (QED) is 0.400. The van der Waals surface area contributed by atoms with Crippen LogP contribution < -0.4 is 16.0 Å². The molecule has 0 aliphatic rings. The number of furan rings is 1. The van der Waals surface area contributed by atoms with Crippen molar-refractivity contribution < 1.29 is 39.6 Å². The van der Waals surface area contributed by atoms with Crippen molar-refractivity contribution in [3.05, 3.63) is 47.5 Å². The number of halogens is 5. The number of anilines is 2. The van der Waals surface area contributed by atoms with Crippen molar-refractivity contribution in [2.24, 2.45) is 0 Å². The van der Waals surface area contributed by atoms with Gasteiger partial charge in [0.1, 0.15) is 21.4 Å². The van der Waals surface area contributed by atoms with E-state index in [9.17, 15) is 35.2 Å². The summed E-state index contributed by atoms with van der Waals surface area (Å²) in [6, 6.07) is -3.19. The zero-order chi connectivity index (χ0) is 26.1. The van der Waals surface area contributed by atoms with Gasteiger partial charge < -0.3 is 20.4 Å². The smallest absolute Gasteiger partial charge is 0.416 e. The maximum absolute atomic E-state index is 14.0. The molecule has 0 aliphatic carbocycles. The molecule has 15 heteroatoms. The van der Waals surface area contributed by atoms with Gasteiger partial charge in [-0.1, -0.05) is 0 Å². The van der Waals surface area contributed by atoms with Crippen LogP contribution in [0, 0.1) is 18.6 Å². The first-order valence-corrected chi connectivity index (χ1v) is 12.0. The van der Waals surface area contributed by atoms with Crippen LogP contribution in [-0.4, -0.2) is 48.6 Å². The average Bonchev–Trinajstić information content (AvgIpc) is 3.02. The summed E-state index contributed by atoms with van der Waals surface area (Å²) >= 11 is 0. The number of hydrogen-bond acceptors (Lipinski definition) is 7. The lowest BCUT2D eigenvalue weighted by molar-refractivity contribution is -0.158. The molecule has 3 aromatic rings. The summed E-state index contributed by atoms with van der Waals surface area (Å²) in [5.74, 6) is -3.13. The van der Waals surface area contributed by atoms with E-state index in [1.54, 1.807) is 12.2 Å².